The van der Waals surface area contributed by atoms with Gasteiger partial charge in [0.05, 0.1) is 19.3 Å². The molecule has 6 heteroatoms. The van der Waals surface area contributed by atoms with Crippen molar-refractivity contribution in [3.63, 3.8) is 0 Å². The Kier molecular flexibility index (Phi) is 6.89. The van der Waals surface area contributed by atoms with Crippen molar-refractivity contribution in [1.29, 1.82) is 0 Å². The summed E-state index contributed by atoms with van der Waals surface area (Å²) in [5, 5.41) is 0.989. The topological polar surface area (TPSA) is 83.7 Å². The maximum absolute atomic E-state index is 12.0. The maximum atomic E-state index is 12.0. The minimum absolute atomic E-state index is 0.0206. The predicted octanol–water partition coefficient (Wildman–Crippen LogP) is 4.62. The van der Waals surface area contributed by atoms with Crippen LogP contribution in [0.5, 0.6) is 11.5 Å². The molecule has 0 amide bonds. The summed E-state index contributed by atoms with van der Waals surface area (Å²) in [5.41, 5.74) is 7.02. The maximum Gasteiger partial charge on any atom is 0.341 e. The second-order valence-corrected chi connectivity index (χ2v) is 6.70. The first-order valence-corrected chi connectivity index (χ1v) is 9.79. The van der Waals surface area contributed by atoms with Crippen LogP contribution in [0.4, 0.5) is 5.82 Å². The first-order chi connectivity index (χ1) is 14.1. The van der Waals surface area contributed by atoms with Gasteiger partial charge in [0.15, 0.2) is 0 Å². The Morgan fingerprint density at radius 2 is 1.86 bits per heavy atom. The Labute approximate surface area is 170 Å². The normalized spacial score (nSPS) is 11.8. The van der Waals surface area contributed by atoms with E-state index in [0.717, 1.165) is 29.5 Å². The third kappa shape index (κ3) is 5.38. The molecule has 3 aromatic rings. The number of aromatic nitrogens is 1. The van der Waals surface area contributed by atoms with Gasteiger partial charge in [0, 0.05) is 5.39 Å². The number of carbonyl (C=O) groups excluding carboxylic acids is 1. The van der Waals surface area contributed by atoms with Crippen LogP contribution in [0, 0.1) is 0 Å². The molecule has 1 heterocycles. The van der Waals surface area contributed by atoms with Gasteiger partial charge < -0.3 is 19.9 Å². The van der Waals surface area contributed by atoms with Crippen molar-refractivity contribution in [3.05, 3.63) is 60.2 Å². The SMILES string of the molecule is CCOC(=O)c1ccccc1OCCCC(C)Oc1cccc2ccc(N)nc12. The van der Waals surface area contributed by atoms with Crippen LogP contribution in [0.15, 0.2) is 54.6 Å². The molecule has 1 aromatic heterocycles. The summed E-state index contributed by atoms with van der Waals surface area (Å²) in [7, 11) is 0. The molecular formula is C23H26N2O4. The lowest BCUT2D eigenvalue weighted by molar-refractivity contribution is 0.0521. The number of anilines is 1. The highest BCUT2D eigenvalue weighted by atomic mass is 16.5. The van der Waals surface area contributed by atoms with E-state index < -0.39 is 0 Å². The van der Waals surface area contributed by atoms with E-state index in [0.29, 0.717) is 30.3 Å². The Balaban J connectivity index is 1.53. The molecule has 0 spiro atoms. The van der Waals surface area contributed by atoms with E-state index >= 15 is 0 Å². The predicted molar refractivity (Wildman–Crippen MR) is 113 cm³/mol. The number of nitrogen functional groups attached to an aromatic ring is 1. The zero-order valence-electron chi connectivity index (χ0n) is 16.8. The van der Waals surface area contributed by atoms with Gasteiger partial charge >= 0.3 is 5.97 Å². The fourth-order valence-electron chi connectivity index (χ4n) is 3.03. The summed E-state index contributed by atoms with van der Waals surface area (Å²) >= 11 is 0. The summed E-state index contributed by atoms with van der Waals surface area (Å²) in [6.07, 6.45) is 1.55. The number of nitrogens with zero attached hydrogens (tertiary/aromatic N) is 1. The number of hydrogen-bond acceptors (Lipinski definition) is 6. The Morgan fingerprint density at radius 3 is 2.69 bits per heavy atom. The van der Waals surface area contributed by atoms with E-state index in [-0.39, 0.29) is 12.1 Å². The van der Waals surface area contributed by atoms with Crippen molar-refractivity contribution in [2.45, 2.75) is 32.8 Å². The van der Waals surface area contributed by atoms with Crippen LogP contribution < -0.4 is 15.2 Å². The Morgan fingerprint density at radius 1 is 1.07 bits per heavy atom. The second-order valence-electron chi connectivity index (χ2n) is 6.70. The quantitative estimate of drug-likeness (QED) is 0.421. The van der Waals surface area contributed by atoms with Gasteiger partial charge in [0.1, 0.15) is 28.4 Å². The average molecular weight is 394 g/mol. The van der Waals surface area contributed by atoms with E-state index in [4.69, 9.17) is 19.9 Å². The number of fused-ring (bicyclic) bond motifs is 1. The first kappa shape index (κ1) is 20.5. The lowest BCUT2D eigenvalue weighted by atomic mass is 10.2. The average Bonchev–Trinajstić information content (AvgIpc) is 2.72. The number of pyridine rings is 1. The summed E-state index contributed by atoms with van der Waals surface area (Å²) in [4.78, 5) is 16.4. The van der Waals surface area contributed by atoms with Crippen LogP contribution >= 0.6 is 0 Å². The number of hydrogen-bond donors (Lipinski definition) is 1. The van der Waals surface area contributed by atoms with E-state index in [1.54, 1.807) is 31.2 Å². The van der Waals surface area contributed by atoms with Gasteiger partial charge in [0.25, 0.3) is 0 Å². The molecule has 0 bridgehead atoms. The molecule has 1 atom stereocenters. The van der Waals surface area contributed by atoms with Crippen molar-refractivity contribution in [3.8, 4) is 11.5 Å². The summed E-state index contributed by atoms with van der Waals surface area (Å²) < 4.78 is 17.0. The highest BCUT2D eigenvalue weighted by molar-refractivity contribution is 5.92. The molecule has 0 saturated heterocycles. The molecule has 2 N–H and O–H groups in total. The van der Waals surface area contributed by atoms with Gasteiger partial charge in [0.2, 0.25) is 0 Å². The van der Waals surface area contributed by atoms with Gasteiger partial charge in [-0.05, 0) is 57.0 Å². The van der Waals surface area contributed by atoms with Crippen molar-refractivity contribution in [1.82, 2.24) is 4.98 Å². The number of benzene rings is 2. The molecule has 3 rings (SSSR count). The number of rotatable bonds is 9. The number of carbonyl (C=O) groups is 1. The molecule has 152 valence electrons. The molecule has 0 radical (unpaired) electrons. The van der Waals surface area contributed by atoms with Crippen molar-refractivity contribution in [2.75, 3.05) is 18.9 Å². The molecule has 0 fully saturated rings. The number of para-hydroxylation sites is 2. The summed E-state index contributed by atoms with van der Waals surface area (Å²) in [6, 6.07) is 16.6. The zero-order valence-corrected chi connectivity index (χ0v) is 16.8. The van der Waals surface area contributed by atoms with E-state index in [9.17, 15) is 4.79 Å². The fourth-order valence-corrected chi connectivity index (χ4v) is 3.03. The molecule has 0 aliphatic heterocycles. The molecule has 2 aromatic carbocycles. The van der Waals surface area contributed by atoms with Crippen LogP contribution in [-0.4, -0.2) is 30.3 Å². The summed E-state index contributed by atoms with van der Waals surface area (Å²) in [6.45, 7) is 4.60. The molecule has 0 aliphatic carbocycles. The first-order valence-electron chi connectivity index (χ1n) is 9.79. The van der Waals surface area contributed by atoms with Crippen LogP contribution in [0.2, 0.25) is 0 Å². The van der Waals surface area contributed by atoms with Crippen LogP contribution in [0.1, 0.15) is 37.0 Å². The third-order valence-corrected chi connectivity index (χ3v) is 4.43. The zero-order chi connectivity index (χ0) is 20.6. The van der Waals surface area contributed by atoms with Crippen LogP contribution in [-0.2, 0) is 4.74 Å². The molecule has 6 nitrogen and oxygen atoms in total. The van der Waals surface area contributed by atoms with Gasteiger partial charge in [-0.1, -0.05) is 24.3 Å². The van der Waals surface area contributed by atoms with Gasteiger partial charge in [-0.2, -0.15) is 0 Å². The summed E-state index contributed by atoms with van der Waals surface area (Å²) in [5.74, 6) is 1.35. The van der Waals surface area contributed by atoms with Crippen LogP contribution in [0.25, 0.3) is 10.9 Å². The molecule has 1 unspecified atom stereocenters. The van der Waals surface area contributed by atoms with Crippen molar-refractivity contribution >= 4 is 22.7 Å². The Bertz CT molecular complexity index is 974. The van der Waals surface area contributed by atoms with E-state index in [2.05, 4.69) is 4.98 Å². The van der Waals surface area contributed by atoms with Crippen LogP contribution in [0.3, 0.4) is 0 Å². The Hall–Kier alpha value is -3.28. The van der Waals surface area contributed by atoms with Gasteiger partial charge in [-0.3, -0.25) is 0 Å². The standard InChI is InChI=1S/C23H26N2O4/c1-3-27-23(26)18-10-4-5-11-19(18)28-15-7-8-16(2)29-20-12-6-9-17-13-14-21(24)25-22(17)20/h4-6,9-14,16H,3,7-8,15H2,1-2H3,(H2,24,25). The largest absolute Gasteiger partial charge is 0.493 e. The highest BCUT2D eigenvalue weighted by Crippen LogP contribution is 2.26. The van der Waals surface area contributed by atoms with Gasteiger partial charge in [-0.15, -0.1) is 0 Å². The molecular weight excluding hydrogens is 368 g/mol. The van der Waals surface area contributed by atoms with Crippen molar-refractivity contribution in [2.24, 2.45) is 0 Å². The number of nitrogens with two attached hydrogens (primary N) is 1. The minimum atomic E-state index is -0.373. The fraction of sp³-hybridized carbons (Fsp3) is 0.304. The van der Waals surface area contributed by atoms with E-state index in [1.165, 1.54) is 0 Å². The highest BCUT2D eigenvalue weighted by Gasteiger charge is 2.13. The molecule has 29 heavy (non-hydrogen) atoms. The smallest absolute Gasteiger partial charge is 0.341 e. The van der Waals surface area contributed by atoms with E-state index in [1.807, 2.05) is 37.3 Å². The lowest BCUT2D eigenvalue weighted by Gasteiger charge is -2.16. The van der Waals surface area contributed by atoms with Gasteiger partial charge in [-0.25, -0.2) is 9.78 Å². The molecule has 0 aliphatic rings. The third-order valence-electron chi connectivity index (χ3n) is 4.43. The monoisotopic (exact) mass is 394 g/mol. The number of ether oxygens (including phenoxy) is 3. The minimum Gasteiger partial charge on any atom is -0.493 e. The lowest BCUT2D eigenvalue weighted by Crippen LogP contribution is -2.14. The molecule has 0 saturated carbocycles. The van der Waals surface area contributed by atoms with Crippen molar-refractivity contribution < 1.29 is 19.0 Å². The second kappa shape index (κ2) is 9.78. The number of esters is 1.